The summed E-state index contributed by atoms with van der Waals surface area (Å²) in [6.45, 7) is 7.57. The van der Waals surface area contributed by atoms with Gasteiger partial charge in [-0.2, -0.15) is 0 Å². The van der Waals surface area contributed by atoms with Crippen LogP contribution in [0.5, 0.6) is 0 Å². The van der Waals surface area contributed by atoms with Crippen LogP contribution in [-0.4, -0.2) is 0 Å². The largest absolute Gasteiger partial charge is 0.305 e. The van der Waals surface area contributed by atoms with Crippen LogP contribution in [-0.2, 0) is 13.0 Å². The molecule has 0 fully saturated rings. The van der Waals surface area contributed by atoms with Crippen molar-refractivity contribution in [1.82, 2.24) is 5.32 Å². The molecule has 0 bridgehead atoms. The lowest BCUT2D eigenvalue weighted by Crippen LogP contribution is -2.25. The Hall–Kier alpha value is -0.830. The molecule has 3 heteroatoms. The molecule has 0 amide bonds. The highest BCUT2D eigenvalue weighted by Crippen LogP contribution is 2.25. The average Bonchev–Trinajstić information content (AvgIpc) is 2.85. The number of nitrogens with one attached hydrogen (secondary N) is 1. The first-order chi connectivity index (χ1) is 9.60. The van der Waals surface area contributed by atoms with Crippen LogP contribution in [0.3, 0.4) is 0 Å². The van der Waals surface area contributed by atoms with Crippen LogP contribution in [0.15, 0.2) is 36.4 Å². The first-order valence-corrected chi connectivity index (χ1v) is 8.36. The van der Waals surface area contributed by atoms with Crippen molar-refractivity contribution in [2.45, 2.75) is 39.8 Å². The van der Waals surface area contributed by atoms with E-state index in [2.05, 4.69) is 56.4 Å². The van der Waals surface area contributed by atoms with Crippen molar-refractivity contribution in [3.63, 3.8) is 0 Å². The molecule has 2 aromatic rings. The zero-order valence-corrected chi connectivity index (χ0v) is 13.9. The number of hydrogen-bond donors (Lipinski definition) is 1. The van der Waals surface area contributed by atoms with E-state index in [9.17, 15) is 0 Å². The fourth-order valence-electron chi connectivity index (χ4n) is 2.36. The van der Waals surface area contributed by atoms with E-state index in [-0.39, 0.29) is 0 Å². The second kappa shape index (κ2) is 7.26. The molecule has 1 atom stereocenters. The van der Waals surface area contributed by atoms with Crippen molar-refractivity contribution >= 4 is 22.9 Å². The standard InChI is InChI=1S/C17H22ClNS/c1-4-13-5-7-14(8-6-13)17(12(2)3)19-11-15-9-10-16(18)20-15/h5-10,12,17,19H,4,11H2,1-3H3. The number of aryl methyl sites for hydroxylation is 1. The molecule has 0 aliphatic carbocycles. The van der Waals surface area contributed by atoms with Gasteiger partial charge in [-0.15, -0.1) is 11.3 Å². The summed E-state index contributed by atoms with van der Waals surface area (Å²) >= 11 is 7.63. The predicted molar refractivity (Wildman–Crippen MR) is 89.6 cm³/mol. The van der Waals surface area contributed by atoms with Crippen molar-refractivity contribution in [2.75, 3.05) is 0 Å². The maximum Gasteiger partial charge on any atom is 0.0931 e. The van der Waals surface area contributed by atoms with E-state index < -0.39 is 0 Å². The van der Waals surface area contributed by atoms with E-state index in [0.29, 0.717) is 12.0 Å². The Balaban J connectivity index is 2.06. The maximum absolute atomic E-state index is 5.98. The first-order valence-electron chi connectivity index (χ1n) is 7.16. The monoisotopic (exact) mass is 307 g/mol. The fraction of sp³-hybridized carbons (Fsp3) is 0.412. The Morgan fingerprint density at radius 3 is 2.30 bits per heavy atom. The van der Waals surface area contributed by atoms with E-state index >= 15 is 0 Å². The number of benzene rings is 1. The Morgan fingerprint density at radius 2 is 1.80 bits per heavy atom. The van der Waals surface area contributed by atoms with E-state index in [4.69, 9.17) is 11.6 Å². The van der Waals surface area contributed by atoms with Crippen LogP contribution < -0.4 is 5.32 Å². The second-order valence-electron chi connectivity index (χ2n) is 5.40. The van der Waals surface area contributed by atoms with Gasteiger partial charge in [0.1, 0.15) is 0 Å². The van der Waals surface area contributed by atoms with Crippen molar-refractivity contribution in [2.24, 2.45) is 5.92 Å². The quantitative estimate of drug-likeness (QED) is 0.748. The molecule has 20 heavy (non-hydrogen) atoms. The molecule has 0 aliphatic heterocycles. The molecular weight excluding hydrogens is 286 g/mol. The van der Waals surface area contributed by atoms with Crippen molar-refractivity contribution in [3.05, 3.63) is 56.7 Å². The topological polar surface area (TPSA) is 12.0 Å². The van der Waals surface area contributed by atoms with Gasteiger partial charge in [-0.05, 0) is 35.6 Å². The van der Waals surface area contributed by atoms with Crippen molar-refractivity contribution in [3.8, 4) is 0 Å². The average molecular weight is 308 g/mol. The fourth-order valence-corrected chi connectivity index (χ4v) is 3.39. The van der Waals surface area contributed by atoms with Crippen LogP contribution >= 0.6 is 22.9 Å². The highest BCUT2D eigenvalue weighted by Gasteiger charge is 2.15. The number of halogens is 1. The summed E-state index contributed by atoms with van der Waals surface area (Å²) < 4.78 is 0.857. The number of rotatable bonds is 6. The van der Waals surface area contributed by atoms with Gasteiger partial charge in [-0.3, -0.25) is 0 Å². The number of thiophene rings is 1. The van der Waals surface area contributed by atoms with Gasteiger partial charge in [0.2, 0.25) is 0 Å². The predicted octanol–water partition coefficient (Wildman–Crippen LogP) is 5.45. The highest BCUT2D eigenvalue weighted by molar-refractivity contribution is 7.16. The van der Waals surface area contributed by atoms with Crippen molar-refractivity contribution < 1.29 is 0 Å². The lowest BCUT2D eigenvalue weighted by atomic mass is 9.95. The van der Waals surface area contributed by atoms with Gasteiger partial charge in [0.25, 0.3) is 0 Å². The summed E-state index contributed by atoms with van der Waals surface area (Å²) in [6, 6.07) is 13.4. The Labute approximate surface area is 131 Å². The molecule has 0 saturated carbocycles. The summed E-state index contributed by atoms with van der Waals surface area (Å²) in [6.07, 6.45) is 1.09. The molecule has 1 aromatic heterocycles. The van der Waals surface area contributed by atoms with Gasteiger partial charge in [-0.1, -0.05) is 56.6 Å². The van der Waals surface area contributed by atoms with E-state index in [1.165, 1.54) is 16.0 Å². The van der Waals surface area contributed by atoms with Crippen LogP contribution in [0.25, 0.3) is 0 Å². The molecule has 2 rings (SSSR count). The highest BCUT2D eigenvalue weighted by atomic mass is 35.5. The molecular formula is C17H22ClNS. The zero-order valence-electron chi connectivity index (χ0n) is 12.3. The van der Waals surface area contributed by atoms with E-state index in [1.54, 1.807) is 11.3 Å². The summed E-state index contributed by atoms with van der Waals surface area (Å²) in [7, 11) is 0. The molecule has 0 spiro atoms. The van der Waals surface area contributed by atoms with Crippen molar-refractivity contribution in [1.29, 1.82) is 0 Å². The van der Waals surface area contributed by atoms with Crippen LogP contribution in [0.1, 0.15) is 42.8 Å². The lowest BCUT2D eigenvalue weighted by Gasteiger charge is -2.23. The Morgan fingerprint density at radius 1 is 1.10 bits per heavy atom. The van der Waals surface area contributed by atoms with Gasteiger partial charge >= 0.3 is 0 Å². The molecule has 1 unspecified atom stereocenters. The molecule has 0 radical (unpaired) electrons. The van der Waals surface area contributed by atoms with Crippen LogP contribution in [0.2, 0.25) is 4.34 Å². The van der Waals surface area contributed by atoms with E-state index in [1.807, 2.05) is 6.07 Å². The van der Waals surface area contributed by atoms with Crippen LogP contribution in [0.4, 0.5) is 0 Å². The van der Waals surface area contributed by atoms with E-state index in [0.717, 1.165) is 17.3 Å². The zero-order chi connectivity index (χ0) is 14.5. The maximum atomic E-state index is 5.98. The molecule has 0 saturated heterocycles. The second-order valence-corrected chi connectivity index (χ2v) is 7.20. The lowest BCUT2D eigenvalue weighted by molar-refractivity contribution is 0.412. The molecule has 1 aromatic carbocycles. The summed E-state index contributed by atoms with van der Waals surface area (Å²) in [4.78, 5) is 1.28. The minimum Gasteiger partial charge on any atom is -0.305 e. The minimum atomic E-state index is 0.377. The van der Waals surface area contributed by atoms with Crippen LogP contribution in [0, 0.1) is 5.92 Å². The third-order valence-corrected chi connectivity index (χ3v) is 4.77. The molecule has 0 aliphatic rings. The minimum absolute atomic E-state index is 0.377. The molecule has 1 N–H and O–H groups in total. The third kappa shape index (κ3) is 4.08. The third-order valence-electron chi connectivity index (χ3n) is 3.54. The number of hydrogen-bond acceptors (Lipinski definition) is 2. The Kier molecular flexibility index (Phi) is 5.64. The van der Waals surface area contributed by atoms with Gasteiger partial charge in [-0.25, -0.2) is 0 Å². The van der Waals surface area contributed by atoms with Gasteiger partial charge in [0, 0.05) is 17.5 Å². The summed E-state index contributed by atoms with van der Waals surface area (Å²) in [5.74, 6) is 0.554. The Bertz CT molecular complexity index is 530. The normalized spacial score (nSPS) is 12.8. The van der Waals surface area contributed by atoms with Gasteiger partial charge in [0.15, 0.2) is 0 Å². The first kappa shape index (κ1) is 15.6. The summed E-state index contributed by atoms with van der Waals surface area (Å²) in [5.41, 5.74) is 2.75. The SMILES string of the molecule is CCc1ccc(C(NCc2ccc(Cl)s2)C(C)C)cc1. The smallest absolute Gasteiger partial charge is 0.0931 e. The summed E-state index contributed by atoms with van der Waals surface area (Å²) in [5, 5.41) is 3.65. The molecule has 108 valence electrons. The van der Waals surface area contributed by atoms with Gasteiger partial charge in [0.05, 0.1) is 4.34 Å². The molecule has 1 nitrogen and oxygen atoms in total. The van der Waals surface area contributed by atoms with Gasteiger partial charge < -0.3 is 5.32 Å². The molecule has 1 heterocycles.